The number of carboxylic acid groups (broad SMARTS) is 1. The van der Waals surface area contributed by atoms with E-state index in [2.05, 4.69) is 15.3 Å². The van der Waals surface area contributed by atoms with Crippen molar-refractivity contribution in [2.75, 3.05) is 23.4 Å². The number of carbonyl (C=O) groups is 2. The maximum absolute atomic E-state index is 13.4. The molecule has 2 N–H and O–H groups in total. The number of amides is 2. The Kier molecular flexibility index (Phi) is 7.79. The number of benzene rings is 3. The van der Waals surface area contributed by atoms with Gasteiger partial charge in [0.2, 0.25) is 5.88 Å². The van der Waals surface area contributed by atoms with Gasteiger partial charge in [-0.1, -0.05) is 53.8 Å². The molecule has 11 heteroatoms. The molecule has 9 nitrogen and oxygen atoms in total. The molecule has 3 heterocycles. The Balaban J connectivity index is 1.20. The lowest BCUT2D eigenvalue weighted by Gasteiger charge is -2.29. The lowest BCUT2D eigenvalue weighted by molar-refractivity contribution is 0.142. The Morgan fingerprint density at radius 2 is 1.83 bits per heavy atom. The maximum atomic E-state index is 13.4. The first-order chi connectivity index (χ1) is 20.0. The number of rotatable bonds is 8. The van der Waals surface area contributed by atoms with Crippen LogP contribution in [0.15, 0.2) is 72.8 Å². The first kappa shape index (κ1) is 26.7. The van der Waals surface area contributed by atoms with E-state index in [9.17, 15) is 14.7 Å². The van der Waals surface area contributed by atoms with Gasteiger partial charge in [-0.15, -0.1) is 11.3 Å². The van der Waals surface area contributed by atoms with Crippen molar-refractivity contribution in [3.63, 3.8) is 0 Å². The summed E-state index contributed by atoms with van der Waals surface area (Å²) in [6.07, 6.45) is 1.51. The SMILES string of the molecule is O=C(O)Oc1nc(-c2ccc3c(c2)N(C(=O)Nc2nc4ccccc4s2)CCC3)sc1CCCOc1ccccc1. The number of thiazole rings is 2. The third-order valence-corrected chi connectivity index (χ3v) is 8.71. The second-order valence-corrected chi connectivity index (χ2v) is 11.5. The second-order valence-electron chi connectivity index (χ2n) is 9.40. The molecule has 0 aliphatic carbocycles. The van der Waals surface area contributed by atoms with E-state index in [4.69, 9.17) is 9.47 Å². The largest absolute Gasteiger partial charge is 0.512 e. The highest BCUT2D eigenvalue weighted by Gasteiger charge is 2.25. The topological polar surface area (TPSA) is 114 Å². The summed E-state index contributed by atoms with van der Waals surface area (Å²) in [5.74, 6) is 0.866. The van der Waals surface area contributed by atoms with E-state index in [0.717, 1.165) is 50.5 Å². The lowest BCUT2D eigenvalue weighted by atomic mass is 10.00. The van der Waals surface area contributed by atoms with Gasteiger partial charge in [-0.3, -0.25) is 10.2 Å². The predicted octanol–water partition coefficient (Wildman–Crippen LogP) is 7.47. The Morgan fingerprint density at radius 3 is 2.66 bits per heavy atom. The van der Waals surface area contributed by atoms with Gasteiger partial charge in [-0.25, -0.2) is 19.6 Å². The standard InChI is InChI=1S/C30H26N4O5S2/c35-29(33-28-31-22-11-4-5-12-24(22)41-28)34-16-6-8-19-14-15-20(18-23(19)34)27-32-26(39-30(36)37)25(40-27)13-7-17-38-21-9-2-1-3-10-21/h1-5,9-12,14-15,18H,6-8,13,16-17H2,(H,36,37)(H,31,33,35). The molecule has 0 unspecified atom stereocenters. The van der Waals surface area contributed by atoms with Crippen molar-refractivity contribution in [3.8, 4) is 22.2 Å². The van der Waals surface area contributed by atoms with E-state index in [1.54, 1.807) is 4.90 Å². The average Bonchev–Trinajstić information content (AvgIpc) is 3.58. The first-order valence-corrected chi connectivity index (χ1v) is 14.8. The van der Waals surface area contributed by atoms with E-state index >= 15 is 0 Å². The van der Waals surface area contributed by atoms with E-state index in [1.807, 2.05) is 72.8 Å². The number of ether oxygens (including phenoxy) is 2. The van der Waals surface area contributed by atoms with Crippen LogP contribution >= 0.6 is 22.7 Å². The Bertz CT molecular complexity index is 1670. The number of hydrogen-bond acceptors (Lipinski definition) is 8. The molecule has 208 valence electrons. The number of carbonyl (C=O) groups excluding carboxylic acids is 1. The third-order valence-electron chi connectivity index (χ3n) is 6.61. The number of aromatic nitrogens is 2. The minimum Gasteiger partial charge on any atom is -0.494 e. The molecule has 1 aliphatic rings. The molecule has 2 amide bonds. The van der Waals surface area contributed by atoms with Crippen LogP contribution in [0.4, 0.5) is 20.4 Å². The molecule has 41 heavy (non-hydrogen) atoms. The fourth-order valence-corrected chi connectivity index (χ4v) is 6.61. The highest BCUT2D eigenvalue weighted by Crippen LogP contribution is 2.38. The molecule has 1 aliphatic heterocycles. The summed E-state index contributed by atoms with van der Waals surface area (Å²) in [5, 5.41) is 13.4. The van der Waals surface area contributed by atoms with E-state index in [1.165, 1.54) is 22.7 Å². The molecule has 0 saturated carbocycles. The van der Waals surface area contributed by atoms with Crippen LogP contribution in [0.1, 0.15) is 23.3 Å². The summed E-state index contributed by atoms with van der Waals surface area (Å²) < 4.78 is 11.8. The van der Waals surface area contributed by atoms with Gasteiger partial charge in [0.05, 0.1) is 21.7 Å². The van der Waals surface area contributed by atoms with Crippen LogP contribution < -0.4 is 19.7 Å². The minimum atomic E-state index is -1.41. The molecule has 0 saturated heterocycles. The van der Waals surface area contributed by atoms with Crippen molar-refractivity contribution in [2.24, 2.45) is 0 Å². The number of nitrogens with zero attached hydrogens (tertiary/aromatic N) is 3. The predicted molar refractivity (Wildman–Crippen MR) is 161 cm³/mol. The van der Waals surface area contributed by atoms with Gasteiger partial charge in [0.1, 0.15) is 10.8 Å². The number of urea groups is 1. The van der Waals surface area contributed by atoms with Crippen LogP contribution in [0.2, 0.25) is 0 Å². The molecule has 6 rings (SSSR count). The van der Waals surface area contributed by atoms with Gasteiger partial charge in [-0.2, -0.15) is 0 Å². The maximum Gasteiger partial charge on any atom is 0.512 e. The normalized spacial score (nSPS) is 12.6. The summed E-state index contributed by atoms with van der Waals surface area (Å²) in [6, 6.07) is 23.0. The van der Waals surface area contributed by atoms with Crippen LogP contribution in [0.25, 0.3) is 20.8 Å². The van der Waals surface area contributed by atoms with Crippen LogP contribution in [-0.2, 0) is 12.8 Å². The van der Waals surface area contributed by atoms with Gasteiger partial charge in [0.15, 0.2) is 5.13 Å². The van der Waals surface area contributed by atoms with Crippen LogP contribution in [0.5, 0.6) is 11.6 Å². The zero-order valence-corrected chi connectivity index (χ0v) is 23.5. The molecule has 0 atom stereocenters. The number of fused-ring (bicyclic) bond motifs is 2. The number of hydrogen-bond donors (Lipinski definition) is 2. The van der Waals surface area contributed by atoms with E-state index in [-0.39, 0.29) is 11.9 Å². The molecular formula is C30H26N4O5S2. The van der Waals surface area contributed by atoms with Crippen LogP contribution in [-0.4, -0.2) is 40.4 Å². The van der Waals surface area contributed by atoms with Gasteiger partial charge in [0, 0.05) is 17.8 Å². The van der Waals surface area contributed by atoms with Crippen molar-refractivity contribution >= 4 is 55.9 Å². The Hall–Kier alpha value is -4.48. The molecule has 0 bridgehead atoms. The van der Waals surface area contributed by atoms with Crippen molar-refractivity contribution in [2.45, 2.75) is 25.7 Å². The van der Waals surface area contributed by atoms with Crippen LogP contribution in [0, 0.1) is 0 Å². The number of anilines is 2. The fourth-order valence-electron chi connectivity index (χ4n) is 4.72. The third kappa shape index (κ3) is 6.16. The zero-order chi connectivity index (χ0) is 28.2. The lowest BCUT2D eigenvalue weighted by Crippen LogP contribution is -2.38. The second kappa shape index (κ2) is 11.9. The Morgan fingerprint density at radius 1 is 1.00 bits per heavy atom. The quantitative estimate of drug-likeness (QED) is 0.143. The van der Waals surface area contributed by atoms with Crippen molar-refractivity contribution in [1.29, 1.82) is 0 Å². The summed E-state index contributed by atoms with van der Waals surface area (Å²) in [5.41, 5.74) is 3.51. The summed E-state index contributed by atoms with van der Waals surface area (Å²) in [4.78, 5) is 36.2. The highest BCUT2D eigenvalue weighted by atomic mass is 32.1. The monoisotopic (exact) mass is 586 g/mol. The van der Waals surface area contributed by atoms with Crippen LogP contribution in [0.3, 0.4) is 0 Å². The molecule has 0 radical (unpaired) electrons. The van der Waals surface area contributed by atoms with Crippen molar-refractivity contribution < 1.29 is 24.2 Å². The molecule has 0 spiro atoms. The summed E-state index contributed by atoms with van der Waals surface area (Å²) >= 11 is 2.82. The van der Waals surface area contributed by atoms with Gasteiger partial charge in [-0.05, 0) is 61.6 Å². The average molecular weight is 587 g/mol. The number of nitrogens with one attached hydrogen (secondary N) is 1. The summed E-state index contributed by atoms with van der Waals surface area (Å²) in [7, 11) is 0. The van der Waals surface area contributed by atoms with E-state index in [0.29, 0.717) is 36.1 Å². The minimum absolute atomic E-state index is 0.0837. The van der Waals surface area contributed by atoms with Gasteiger partial charge in [0.25, 0.3) is 0 Å². The molecule has 2 aromatic heterocycles. The Labute approximate surface area is 244 Å². The molecular weight excluding hydrogens is 560 g/mol. The van der Waals surface area contributed by atoms with Crippen molar-refractivity contribution in [1.82, 2.24) is 9.97 Å². The van der Waals surface area contributed by atoms with Gasteiger partial charge < -0.3 is 14.6 Å². The smallest absolute Gasteiger partial charge is 0.494 e. The first-order valence-electron chi connectivity index (χ1n) is 13.2. The number of para-hydroxylation sites is 2. The molecule has 5 aromatic rings. The summed E-state index contributed by atoms with van der Waals surface area (Å²) in [6.45, 7) is 1.05. The number of aryl methyl sites for hydroxylation is 2. The fraction of sp³-hybridized carbons (Fsp3) is 0.200. The molecule has 0 fully saturated rings. The molecule has 3 aromatic carbocycles. The highest BCUT2D eigenvalue weighted by molar-refractivity contribution is 7.22. The van der Waals surface area contributed by atoms with Crippen molar-refractivity contribution in [3.05, 3.63) is 83.2 Å². The zero-order valence-electron chi connectivity index (χ0n) is 21.9. The van der Waals surface area contributed by atoms with Gasteiger partial charge >= 0.3 is 12.2 Å². The van der Waals surface area contributed by atoms with E-state index < -0.39 is 6.16 Å².